The molecule has 3 aliphatic rings. The zero-order valence-corrected chi connectivity index (χ0v) is 18.9. The molecule has 0 bridgehead atoms. The molecule has 0 spiro atoms. The van der Waals surface area contributed by atoms with E-state index in [-0.39, 0.29) is 5.91 Å². The summed E-state index contributed by atoms with van der Waals surface area (Å²) in [6, 6.07) is 7.64. The quantitative estimate of drug-likeness (QED) is 0.671. The zero-order chi connectivity index (χ0) is 21.0. The van der Waals surface area contributed by atoms with Crippen LogP contribution in [0.4, 0.5) is 0 Å². The minimum absolute atomic E-state index is 0.271. The second-order valence-electron chi connectivity index (χ2n) is 9.30. The summed E-state index contributed by atoms with van der Waals surface area (Å²) in [5.74, 6) is 0.970. The van der Waals surface area contributed by atoms with Gasteiger partial charge in [-0.25, -0.2) is 8.42 Å². The van der Waals surface area contributed by atoms with Crippen molar-refractivity contribution >= 4 is 15.9 Å². The molecule has 0 N–H and O–H groups in total. The van der Waals surface area contributed by atoms with Crippen LogP contribution in [0.15, 0.2) is 29.2 Å². The van der Waals surface area contributed by atoms with E-state index in [1.807, 2.05) is 12.1 Å². The number of piperidine rings is 1. The molecule has 5 nitrogen and oxygen atoms in total. The molecule has 0 radical (unpaired) electrons. The fourth-order valence-electron chi connectivity index (χ4n) is 5.59. The number of rotatable bonds is 6. The lowest BCUT2D eigenvalue weighted by Crippen LogP contribution is -2.40. The van der Waals surface area contributed by atoms with Crippen molar-refractivity contribution < 1.29 is 13.2 Å². The Kier molecular flexibility index (Phi) is 7.14. The SMILES string of the molecule is O=C(CCc1ccc(S(=O)(=O)N2CCCCC2)cc1)N1CCCC1C1CCCCC1. The Hall–Kier alpha value is -1.40. The maximum atomic E-state index is 12.9. The van der Waals surface area contributed by atoms with Crippen LogP contribution in [-0.2, 0) is 21.2 Å². The summed E-state index contributed by atoms with van der Waals surface area (Å²) < 4.78 is 27.2. The van der Waals surface area contributed by atoms with Gasteiger partial charge in [0.25, 0.3) is 0 Å². The number of carbonyl (C=O) groups is 1. The number of sulfonamides is 1. The molecule has 1 unspecified atom stereocenters. The Morgan fingerprint density at radius 1 is 0.833 bits per heavy atom. The molecule has 166 valence electrons. The average molecular weight is 433 g/mol. The summed E-state index contributed by atoms with van der Waals surface area (Å²) in [7, 11) is -3.38. The first-order chi connectivity index (χ1) is 14.6. The molecule has 2 saturated heterocycles. The van der Waals surface area contributed by atoms with Gasteiger partial charge < -0.3 is 4.90 Å². The van der Waals surface area contributed by atoms with Crippen molar-refractivity contribution in [2.24, 2.45) is 5.92 Å². The summed E-state index contributed by atoms with van der Waals surface area (Å²) in [6.45, 7) is 2.15. The fraction of sp³-hybridized carbons (Fsp3) is 0.708. The molecular weight excluding hydrogens is 396 g/mol. The number of likely N-dealkylation sites (tertiary alicyclic amines) is 1. The molecular formula is C24H36N2O3S. The third kappa shape index (κ3) is 4.91. The molecule has 1 saturated carbocycles. The number of hydrogen-bond donors (Lipinski definition) is 0. The Labute approximate surface area is 181 Å². The smallest absolute Gasteiger partial charge is 0.243 e. The first-order valence-corrected chi connectivity index (χ1v) is 13.4. The molecule has 2 heterocycles. The second kappa shape index (κ2) is 9.82. The Balaban J connectivity index is 1.33. The number of nitrogens with zero attached hydrogens (tertiary/aromatic N) is 2. The zero-order valence-electron chi connectivity index (χ0n) is 18.1. The van der Waals surface area contributed by atoms with Gasteiger partial charge in [0.05, 0.1) is 4.90 Å². The number of amides is 1. The molecule has 1 aromatic rings. The van der Waals surface area contributed by atoms with E-state index in [1.54, 1.807) is 16.4 Å². The van der Waals surface area contributed by atoms with Gasteiger partial charge in [-0.05, 0) is 68.6 Å². The molecule has 2 aliphatic heterocycles. The van der Waals surface area contributed by atoms with Crippen LogP contribution in [0.25, 0.3) is 0 Å². The van der Waals surface area contributed by atoms with Crippen molar-refractivity contribution in [2.45, 2.75) is 88.0 Å². The number of hydrogen-bond acceptors (Lipinski definition) is 3. The van der Waals surface area contributed by atoms with E-state index in [9.17, 15) is 13.2 Å². The third-order valence-corrected chi connectivity index (χ3v) is 9.23. The van der Waals surface area contributed by atoms with Crippen LogP contribution in [-0.4, -0.2) is 49.2 Å². The first kappa shape index (κ1) is 21.8. The molecule has 1 aliphatic carbocycles. The van der Waals surface area contributed by atoms with Crippen LogP contribution in [0.1, 0.15) is 76.2 Å². The minimum Gasteiger partial charge on any atom is -0.339 e. The lowest BCUT2D eigenvalue weighted by molar-refractivity contribution is -0.133. The highest BCUT2D eigenvalue weighted by molar-refractivity contribution is 7.89. The van der Waals surface area contributed by atoms with Gasteiger partial charge in [-0.2, -0.15) is 4.31 Å². The lowest BCUT2D eigenvalue weighted by atomic mass is 9.83. The second-order valence-corrected chi connectivity index (χ2v) is 11.2. The molecule has 4 rings (SSSR count). The Morgan fingerprint density at radius 2 is 1.50 bits per heavy atom. The lowest BCUT2D eigenvalue weighted by Gasteiger charge is -2.34. The van der Waals surface area contributed by atoms with Crippen molar-refractivity contribution in [1.29, 1.82) is 0 Å². The van der Waals surface area contributed by atoms with Crippen LogP contribution >= 0.6 is 0 Å². The van der Waals surface area contributed by atoms with E-state index < -0.39 is 10.0 Å². The fourth-order valence-corrected chi connectivity index (χ4v) is 7.11. The van der Waals surface area contributed by atoms with E-state index in [1.165, 1.54) is 38.5 Å². The van der Waals surface area contributed by atoms with Crippen LogP contribution < -0.4 is 0 Å². The maximum absolute atomic E-state index is 12.9. The van der Waals surface area contributed by atoms with Gasteiger partial charge in [0.2, 0.25) is 15.9 Å². The van der Waals surface area contributed by atoms with E-state index in [0.29, 0.717) is 42.8 Å². The van der Waals surface area contributed by atoms with Gasteiger partial charge in [0.15, 0.2) is 0 Å². The van der Waals surface area contributed by atoms with E-state index in [2.05, 4.69) is 4.90 Å². The van der Waals surface area contributed by atoms with Crippen LogP contribution in [0.5, 0.6) is 0 Å². The highest BCUT2D eigenvalue weighted by Crippen LogP contribution is 2.34. The van der Waals surface area contributed by atoms with Gasteiger partial charge in [-0.3, -0.25) is 4.79 Å². The van der Waals surface area contributed by atoms with Crippen LogP contribution in [0.3, 0.4) is 0 Å². The van der Waals surface area contributed by atoms with Crippen molar-refractivity contribution in [3.63, 3.8) is 0 Å². The Morgan fingerprint density at radius 3 is 2.20 bits per heavy atom. The highest BCUT2D eigenvalue weighted by Gasteiger charge is 2.34. The predicted octanol–water partition coefficient (Wildman–Crippen LogP) is 4.37. The minimum atomic E-state index is -3.38. The molecule has 3 fully saturated rings. The van der Waals surface area contributed by atoms with Crippen molar-refractivity contribution in [1.82, 2.24) is 9.21 Å². The van der Waals surface area contributed by atoms with Crippen molar-refractivity contribution in [2.75, 3.05) is 19.6 Å². The number of benzene rings is 1. The van der Waals surface area contributed by atoms with Gasteiger partial charge in [-0.1, -0.05) is 37.8 Å². The van der Waals surface area contributed by atoms with Crippen LogP contribution in [0, 0.1) is 5.92 Å². The van der Waals surface area contributed by atoms with Gasteiger partial charge >= 0.3 is 0 Å². The predicted molar refractivity (Wildman–Crippen MR) is 119 cm³/mol. The topological polar surface area (TPSA) is 57.7 Å². The monoisotopic (exact) mass is 432 g/mol. The average Bonchev–Trinajstić information content (AvgIpc) is 3.29. The molecule has 1 atom stereocenters. The summed E-state index contributed by atoms with van der Waals surface area (Å²) in [5, 5.41) is 0. The van der Waals surface area contributed by atoms with Crippen molar-refractivity contribution in [3.8, 4) is 0 Å². The highest BCUT2D eigenvalue weighted by atomic mass is 32.2. The largest absolute Gasteiger partial charge is 0.339 e. The normalized spacial score (nSPS) is 24.3. The summed E-state index contributed by atoms with van der Waals surface area (Å²) >= 11 is 0. The van der Waals surface area contributed by atoms with Crippen LogP contribution in [0.2, 0.25) is 0 Å². The molecule has 6 heteroatoms. The standard InChI is InChI=1S/C24H36N2O3S/c27-24(26-19-7-10-23(26)21-8-3-1-4-9-21)16-13-20-11-14-22(15-12-20)30(28,29)25-17-5-2-6-18-25/h11-12,14-15,21,23H,1-10,13,16-19H2. The number of carbonyl (C=O) groups excluding carboxylic acids is 1. The van der Waals surface area contributed by atoms with Gasteiger partial charge in [-0.15, -0.1) is 0 Å². The number of aryl methyl sites for hydroxylation is 1. The molecule has 1 aromatic carbocycles. The van der Waals surface area contributed by atoms with Gasteiger partial charge in [0, 0.05) is 32.1 Å². The Bertz CT molecular complexity index is 809. The first-order valence-electron chi connectivity index (χ1n) is 11.9. The summed E-state index contributed by atoms with van der Waals surface area (Å²) in [6.07, 6.45) is 13.0. The third-order valence-electron chi connectivity index (χ3n) is 7.32. The maximum Gasteiger partial charge on any atom is 0.243 e. The van der Waals surface area contributed by atoms with Crippen molar-refractivity contribution in [3.05, 3.63) is 29.8 Å². The molecule has 1 amide bonds. The molecule has 30 heavy (non-hydrogen) atoms. The summed E-state index contributed by atoms with van der Waals surface area (Å²) in [4.78, 5) is 15.5. The summed E-state index contributed by atoms with van der Waals surface area (Å²) in [5.41, 5.74) is 1.04. The van der Waals surface area contributed by atoms with E-state index >= 15 is 0 Å². The molecule has 0 aromatic heterocycles. The van der Waals surface area contributed by atoms with E-state index in [0.717, 1.165) is 37.8 Å². The van der Waals surface area contributed by atoms with Gasteiger partial charge in [0.1, 0.15) is 0 Å². The van der Waals surface area contributed by atoms with E-state index in [4.69, 9.17) is 0 Å².